The van der Waals surface area contributed by atoms with Crippen LogP contribution < -0.4 is 0 Å². The van der Waals surface area contributed by atoms with E-state index in [4.69, 9.17) is 17.0 Å². The number of rotatable bonds is 6. The van der Waals surface area contributed by atoms with Gasteiger partial charge < -0.3 is 9.64 Å². The lowest BCUT2D eigenvalue weighted by atomic mass is 10.2. The molecule has 1 rings (SSSR count). The zero-order valence-electron chi connectivity index (χ0n) is 10.7. The molecule has 0 N–H and O–H groups in total. The van der Waals surface area contributed by atoms with Crippen LogP contribution in [0.2, 0.25) is 0 Å². The maximum Gasteiger partial charge on any atom is 0.259 e. The Bertz CT molecular complexity index is 326. The molecular weight excluding hydrogens is 230 g/mol. The van der Waals surface area contributed by atoms with Crippen molar-refractivity contribution in [3.05, 3.63) is 35.9 Å². The molecule has 2 nitrogen and oxygen atoms in total. The van der Waals surface area contributed by atoms with Crippen molar-refractivity contribution >= 4 is 17.4 Å². The predicted octanol–water partition coefficient (Wildman–Crippen LogP) is 3.61. The molecule has 17 heavy (non-hydrogen) atoms. The first-order valence-electron chi connectivity index (χ1n) is 6.23. The number of hydrogen-bond acceptors (Lipinski definition) is 2. The maximum absolute atomic E-state index is 5.54. The van der Waals surface area contributed by atoms with Gasteiger partial charge in [0.1, 0.15) is 0 Å². The van der Waals surface area contributed by atoms with Crippen molar-refractivity contribution in [2.24, 2.45) is 0 Å². The highest BCUT2D eigenvalue weighted by atomic mass is 32.1. The zero-order chi connectivity index (χ0) is 12.5. The van der Waals surface area contributed by atoms with Crippen molar-refractivity contribution < 1.29 is 4.74 Å². The van der Waals surface area contributed by atoms with E-state index >= 15 is 0 Å². The van der Waals surface area contributed by atoms with Gasteiger partial charge in [-0.15, -0.1) is 0 Å². The summed E-state index contributed by atoms with van der Waals surface area (Å²) in [6.45, 7) is 6.72. The Morgan fingerprint density at radius 1 is 1.18 bits per heavy atom. The Labute approximate surface area is 110 Å². The Morgan fingerprint density at radius 3 is 2.47 bits per heavy atom. The molecule has 0 saturated heterocycles. The van der Waals surface area contributed by atoms with Gasteiger partial charge in [0, 0.05) is 13.1 Å². The van der Waals surface area contributed by atoms with E-state index in [1.54, 1.807) is 0 Å². The minimum absolute atomic E-state index is 0.623. The van der Waals surface area contributed by atoms with Crippen LogP contribution in [0.25, 0.3) is 0 Å². The van der Waals surface area contributed by atoms with E-state index in [2.05, 4.69) is 43.0 Å². The normalized spacial score (nSPS) is 10.0. The van der Waals surface area contributed by atoms with E-state index in [9.17, 15) is 0 Å². The molecule has 0 bridgehead atoms. The predicted molar refractivity (Wildman–Crippen MR) is 76.0 cm³/mol. The van der Waals surface area contributed by atoms with Crippen LogP contribution >= 0.6 is 12.2 Å². The topological polar surface area (TPSA) is 12.5 Å². The molecule has 0 fully saturated rings. The van der Waals surface area contributed by atoms with Gasteiger partial charge in [0.05, 0.1) is 6.61 Å². The van der Waals surface area contributed by atoms with Crippen molar-refractivity contribution in [3.8, 4) is 0 Å². The summed E-state index contributed by atoms with van der Waals surface area (Å²) in [7, 11) is 0. The highest BCUT2D eigenvalue weighted by Gasteiger charge is 2.10. The molecule has 0 aliphatic heterocycles. The van der Waals surface area contributed by atoms with Crippen molar-refractivity contribution in [2.75, 3.05) is 13.2 Å². The van der Waals surface area contributed by atoms with Gasteiger partial charge in [-0.1, -0.05) is 44.2 Å². The SMILES string of the molecule is CCCOC(=S)N(CCC)Cc1ccccc1. The Balaban J connectivity index is 2.56. The van der Waals surface area contributed by atoms with Crippen molar-refractivity contribution in [1.29, 1.82) is 0 Å². The number of benzene rings is 1. The summed E-state index contributed by atoms with van der Waals surface area (Å²) >= 11 is 5.31. The van der Waals surface area contributed by atoms with Gasteiger partial charge in [-0.2, -0.15) is 0 Å². The van der Waals surface area contributed by atoms with Crippen LogP contribution in [0.4, 0.5) is 0 Å². The molecule has 0 amide bonds. The van der Waals surface area contributed by atoms with Gasteiger partial charge in [0.25, 0.3) is 5.17 Å². The Kier molecular flexibility index (Phi) is 6.63. The smallest absolute Gasteiger partial charge is 0.259 e. The molecule has 0 saturated carbocycles. The molecule has 0 aliphatic carbocycles. The van der Waals surface area contributed by atoms with Crippen molar-refractivity contribution in [1.82, 2.24) is 4.90 Å². The summed E-state index contributed by atoms with van der Waals surface area (Å²) in [6, 6.07) is 10.4. The van der Waals surface area contributed by atoms with Gasteiger partial charge in [0.2, 0.25) is 0 Å². The summed E-state index contributed by atoms with van der Waals surface area (Å²) in [5.41, 5.74) is 1.27. The third-order valence-corrected chi connectivity index (χ3v) is 2.77. The number of ether oxygens (including phenoxy) is 1. The van der Waals surface area contributed by atoms with Crippen molar-refractivity contribution in [3.63, 3.8) is 0 Å². The molecule has 3 heteroatoms. The fraction of sp³-hybridized carbons (Fsp3) is 0.500. The molecule has 0 aromatic heterocycles. The Morgan fingerprint density at radius 2 is 1.88 bits per heavy atom. The molecule has 0 radical (unpaired) electrons. The van der Waals surface area contributed by atoms with E-state index < -0.39 is 0 Å². The lowest BCUT2D eigenvalue weighted by Gasteiger charge is -2.24. The zero-order valence-corrected chi connectivity index (χ0v) is 11.5. The number of hydrogen-bond donors (Lipinski definition) is 0. The van der Waals surface area contributed by atoms with Crippen LogP contribution in [0.5, 0.6) is 0 Å². The largest absolute Gasteiger partial charge is 0.471 e. The van der Waals surface area contributed by atoms with Crippen LogP contribution in [-0.2, 0) is 11.3 Å². The van der Waals surface area contributed by atoms with Gasteiger partial charge in [-0.05, 0) is 30.6 Å². The minimum Gasteiger partial charge on any atom is -0.471 e. The van der Waals surface area contributed by atoms with Crippen LogP contribution in [0, 0.1) is 0 Å². The van der Waals surface area contributed by atoms with E-state index in [1.165, 1.54) is 5.56 Å². The molecule has 0 unspecified atom stereocenters. The van der Waals surface area contributed by atoms with Gasteiger partial charge >= 0.3 is 0 Å². The average molecular weight is 251 g/mol. The molecule has 0 spiro atoms. The van der Waals surface area contributed by atoms with Gasteiger partial charge in [-0.25, -0.2) is 0 Å². The van der Waals surface area contributed by atoms with E-state index in [0.29, 0.717) is 11.8 Å². The fourth-order valence-electron chi connectivity index (χ4n) is 1.59. The van der Waals surface area contributed by atoms with Gasteiger partial charge in [-0.3, -0.25) is 0 Å². The highest BCUT2D eigenvalue weighted by molar-refractivity contribution is 7.80. The van der Waals surface area contributed by atoms with E-state index in [-0.39, 0.29) is 0 Å². The van der Waals surface area contributed by atoms with Gasteiger partial charge in [0.15, 0.2) is 0 Å². The summed E-state index contributed by atoms with van der Waals surface area (Å²) in [6.07, 6.45) is 2.06. The maximum atomic E-state index is 5.54. The lowest BCUT2D eigenvalue weighted by molar-refractivity contribution is 0.237. The summed E-state index contributed by atoms with van der Waals surface area (Å²) in [4.78, 5) is 2.13. The number of nitrogens with zero attached hydrogens (tertiary/aromatic N) is 1. The fourth-order valence-corrected chi connectivity index (χ4v) is 1.83. The second-order valence-electron chi connectivity index (χ2n) is 4.02. The Hall–Kier alpha value is -1.09. The second kappa shape index (κ2) is 8.07. The van der Waals surface area contributed by atoms with Crippen LogP contribution in [0.15, 0.2) is 30.3 Å². The molecule has 1 aromatic rings. The number of thiocarbonyl (C=S) groups is 1. The standard InChI is InChI=1S/C14H21NOS/c1-3-10-15(14(17)16-11-4-2)12-13-8-6-5-7-9-13/h5-9H,3-4,10-12H2,1-2H3. The quantitative estimate of drug-likeness (QED) is 0.717. The third-order valence-electron chi connectivity index (χ3n) is 2.40. The summed E-state index contributed by atoms with van der Waals surface area (Å²) in [5, 5.41) is 0.623. The second-order valence-corrected chi connectivity index (χ2v) is 4.37. The van der Waals surface area contributed by atoms with Crippen LogP contribution in [0.1, 0.15) is 32.3 Å². The monoisotopic (exact) mass is 251 g/mol. The first-order valence-corrected chi connectivity index (χ1v) is 6.64. The third kappa shape index (κ3) is 5.18. The summed E-state index contributed by atoms with van der Waals surface area (Å²) in [5.74, 6) is 0. The summed E-state index contributed by atoms with van der Waals surface area (Å²) < 4.78 is 5.54. The van der Waals surface area contributed by atoms with E-state index in [1.807, 2.05) is 6.07 Å². The highest BCUT2D eigenvalue weighted by Crippen LogP contribution is 2.07. The molecule has 94 valence electrons. The van der Waals surface area contributed by atoms with Crippen LogP contribution in [0.3, 0.4) is 0 Å². The minimum atomic E-state index is 0.623. The first kappa shape index (κ1) is 14.0. The molecule has 1 aromatic carbocycles. The molecular formula is C14H21NOS. The first-order chi connectivity index (χ1) is 8.27. The van der Waals surface area contributed by atoms with Crippen molar-refractivity contribution in [2.45, 2.75) is 33.2 Å². The average Bonchev–Trinajstić information content (AvgIpc) is 2.36. The molecule has 0 atom stereocenters. The lowest BCUT2D eigenvalue weighted by Crippen LogP contribution is -2.31. The molecule has 0 aliphatic rings. The van der Waals surface area contributed by atoms with E-state index in [0.717, 1.165) is 25.9 Å². The molecule has 0 heterocycles. The van der Waals surface area contributed by atoms with Crippen LogP contribution in [-0.4, -0.2) is 23.2 Å².